The average Bonchev–Trinajstić information content (AvgIpc) is 2.48. The Bertz CT molecular complexity index is 315. The smallest absolute Gasteiger partial charge is 0.0124 e. The van der Waals surface area contributed by atoms with Crippen molar-refractivity contribution in [3.8, 4) is 0 Å². The van der Waals surface area contributed by atoms with Gasteiger partial charge in [0.1, 0.15) is 0 Å². The van der Waals surface area contributed by atoms with Gasteiger partial charge in [-0.25, -0.2) is 0 Å². The van der Waals surface area contributed by atoms with Crippen LogP contribution in [0.2, 0.25) is 0 Å². The Labute approximate surface area is 125 Å². The number of hydrogen-bond donors (Lipinski definition) is 1. The molecule has 4 atom stereocenters. The Morgan fingerprint density at radius 3 is 2.65 bits per heavy atom. The Kier molecular flexibility index (Phi) is 4.72. The van der Waals surface area contributed by atoms with Gasteiger partial charge < -0.3 is 5.73 Å². The lowest BCUT2D eigenvalue weighted by Gasteiger charge is -2.49. The molecule has 2 aliphatic carbocycles. The molecule has 20 heavy (non-hydrogen) atoms. The van der Waals surface area contributed by atoms with Crippen molar-refractivity contribution in [3.05, 3.63) is 0 Å². The molecular weight excluding hydrogens is 244 g/mol. The highest BCUT2D eigenvalue weighted by Crippen LogP contribution is 2.42. The van der Waals surface area contributed by atoms with Crippen LogP contribution in [0, 0.1) is 17.3 Å². The molecule has 2 heteroatoms. The summed E-state index contributed by atoms with van der Waals surface area (Å²) in [7, 11) is 0. The van der Waals surface area contributed by atoms with E-state index in [4.69, 9.17) is 5.73 Å². The number of nitrogens with two attached hydrogens (primary N) is 1. The first-order chi connectivity index (χ1) is 9.72. The number of likely N-dealkylation sites (tertiary alicyclic amines) is 1. The molecule has 2 saturated carbocycles. The predicted octanol–water partition coefficient (Wildman–Crippen LogP) is 3.80. The molecule has 2 nitrogen and oxygen atoms in total. The molecular formula is C18H34N2. The molecule has 1 saturated heterocycles. The molecule has 116 valence electrons. The van der Waals surface area contributed by atoms with E-state index in [1.54, 1.807) is 0 Å². The van der Waals surface area contributed by atoms with E-state index in [9.17, 15) is 0 Å². The normalized spacial score (nSPS) is 43.2. The summed E-state index contributed by atoms with van der Waals surface area (Å²) in [5, 5.41) is 0. The SMILES string of the molecule is CC1CCCC(CN)(CN2CCC[C@H]3CCCC[C@H]32)C1. The van der Waals surface area contributed by atoms with Gasteiger partial charge in [-0.05, 0) is 68.9 Å². The van der Waals surface area contributed by atoms with Crippen molar-refractivity contribution < 1.29 is 0 Å². The fourth-order valence-electron chi connectivity index (χ4n) is 5.52. The second kappa shape index (κ2) is 6.36. The van der Waals surface area contributed by atoms with Gasteiger partial charge in [-0.1, -0.05) is 32.6 Å². The fourth-order valence-corrected chi connectivity index (χ4v) is 5.52. The lowest BCUT2D eigenvalue weighted by Crippen LogP contribution is -2.53. The minimum Gasteiger partial charge on any atom is -0.330 e. The molecule has 2 unspecified atom stereocenters. The maximum absolute atomic E-state index is 6.26. The number of fused-ring (bicyclic) bond motifs is 1. The highest BCUT2D eigenvalue weighted by atomic mass is 15.2. The van der Waals surface area contributed by atoms with Crippen molar-refractivity contribution in [2.75, 3.05) is 19.6 Å². The summed E-state index contributed by atoms with van der Waals surface area (Å²) >= 11 is 0. The molecule has 2 N–H and O–H groups in total. The number of hydrogen-bond acceptors (Lipinski definition) is 2. The van der Waals surface area contributed by atoms with Gasteiger partial charge in [0, 0.05) is 12.6 Å². The van der Waals surface area contributed by atoms with E-state index in [2.05, 4.69) is 11.8 Å². The lowest BCUT2D eigenvalue weighted by molar-refractivity contribution is 0.00644. The van der Waals surface area contributed by atoms with Crippen LogP contribution in [0.4, 0.5) is 0 Å². The molecule has 1 aliphatic heterocycles. The summed E-state index contributed by atoms with van der Waals surface area (Å²) in [6.07, 6.45) is 14.4. The highest BCUT2D eigenvalue weighted by molar-refractivity contribution is 4.94. The first kappa shape index (κ1) is 14.8. The summed E-state index contributed by atoms with van der Waals surface area (Å²) in [4.78, 5) is 2.87. The molecule has 1 heterocycles. The van der Waals surface area contributed by atoms with Crippen LogP contribution in [0.5, 0.6) is 0 Å². The van der Waals surface area contributed by atoms with Crippen LogP contribution in [0.1, 0.15) is 71.1 Å². The van der Waals surface area contributed by atoms with Gasteiger partial charge in [0.25, 0.3) is 0 Å². The molecule has 0 aromatic heterocycles. The highest BCUT2D eigenvalue weighted by Gasteiger charge is 2.40. The van der Waals surface area contributed by atoms with E-state index in [1.165, 1.54) is 77.3 Å². The topological polar surface area (TPSA) is 29.3 Å². The summed E-state index contributed by atoms with van der Waals surface area (Å²) in [5.41, 5.74) is 6.70. The number of nitrogens with zero attached hydrogens (tertiary/aromatic N) is 1. The van der Waals surface area contributed by atoms with Crippen molar-refractivity contribution in [1.82, 2.24) is 4.90 Å². The Morgan fingerprint density at radius 2 is 1.85 bits per heavy atom. The van der Waals surface area contributed by atoms with Crippen LogP contribution in [0.15, 0.2) is 0 Å². The quantitative estimate of drug-likeness (QED) is 0.851. The average molecular weight is 278 g/mol. The van der Waals surface area contributed by atoms with Crippen molar-refractivity contribution in [2.24, 2.45) is 23.0 Å². The first-order valence-corrected chi connectivity index (χ1v) is 9.17. The van der Waals surface area contributed by atoms with Gasteiger partial charge in [-0.2, -0.15) is 0 Å². The van der Waals surface area contributed by atoms with Crippen LogP contribution < -0.4 is 5.73 Å². The number of piperidine rings is 1. The van der Waals surface area contributed by atoms with E-state index >= 15 is 0 Å². The van der Waals surface area contributed by atoms with E-state index in [0.29, 0.717) is 5.41 Å². The van der Waals surface area contributed by atoms with Gasteiger partial charge in [-0.3, -0.25) is 4.90 Å². The standard InChI is InChI=1S/C18H34N2/c1-15-6-4-10-18(12-15,13-19)14-20-11-5-8-16-7-2-3-9-17(16)20/h15-17H,2-14,19H2,1H3/t15?,16-,17-,18?/m1/s1. The van der Waals surface area contributed by atoms with Gasteiger partial charge in [0.2, 0.25) is 0 Å². The van der Waals surface area contributed by atoms with Crippen LogP contribution in [0.25, 0.3) is 0 Å². The third kappa shape index (κ3) is 3.06. The molecule has 0 radical (unpaired) electrons. The molecule has 0 bridgehead atoms. The Morgan fingerprint density at radius 1 is 1.05 bits per heavy atom. The van der Waals surface area contributed by atoms with Gasteiger partial charge in [0.05, 0.1) is 0 Å². The van der Waals surface area contributed by atoms with Crippen LogP contribution in [-0.4, -0.2) is 30.6 Å². The molecule has 0 aromatic carbocycles. The molecule has 3 rings (SSSR count). The molecule has 3 fully saturated rings. The van der Waals surface area contributed by atoms with Crippen molar-refractivity contribution in [3.63, 3.8) is 0 Å². The summed E-state index contributed by atoms with van der Waals surface area (Å²) < 4.78 is 0. The van der Waals surface area contributed by atoms with E-state index in [0.717, 1.165) is 24.4 Å². The van der Waals surface area contributed by atoms with E-state index in [-0.39, 0.29) is 0 Å². The van der Waals surface area contributed by atoms with Gasteiger partial charge >= 0.3 is 0 Å². The molecule has 0 amide bonds. The van der Waals surface area contributed by atoms with Crippen molar-refractivity contribution >= 4 is 0 Å². The third-order valence-corrected chi connectivity index (χ3v) is 6.52. The minimum absolute atomic E-state index is 0.441. The third-order valence-electron chi connectivity index (χ3n) is 6.52. The molecule has 0 spiro atoms. The lowest BCUT2D eigenvalue weighted by atomic mass is 9.68. The second-order valence-corrected chi connectivity index (χ2v) is 8.13. The van der Waals surface area contributed by atoms with Crippen molar-refractivity contribution in [1.29, 1.82) is 0 Å². The zero-order valence-electron chi connectivity index (χ0n) is 13.4. The zero-order chi connectivity index (χ0) is 14.0. The second-order valence-electron chi connectivity index (χ2n) is 8.13. The van der Waals surface area contributed by atoms with Gasteiger partial charge in [0.15, 0.2) is 0 Å². The van der Waals surface area contributed by atoms with Crippen molar-refractivity contribution in [2.45, 2.75) is 77.2 Å². The zero-order valence-corrected chi connectivity index (χ0v) is 13.4. The minimum atomic E-state index is 0.441. The van der Waals surface area contributed by atoms with Crippen LogP contribution >= 0.6 is 0 Å². The van der Waals surface area contributed by atoms with E-state index < -0.39 is 0 Å². The summed E-state index contributed by atoms with van der Waals surface area (Å²) in [6, 6.07) is 0.901. The number of rotatable bonds is 3. The Balaban J connectivity index is 1.67. The van der Waals surface area contributed by atoms with Crippen LogP contribution in [-0.2, 0) is 0 Å². The monoisotopic (exact) mass is 278 g/mol. The van der Waals surface area contributed by atoms with E-state index in [1.807, 2.05) is 0 Å². The maximum Gasteiger partial charge on any atom is 0.0124 e. The predicted molar refractivity (Wildman–Crippen MR) is 85.7 cm³/mol. The first-order valence-electron chi connectivity index (χ1n) is 9.17. The molecule has 0 aromatic rings. The fraction of sp³-hybridized carbons (Fsp3) is 1.00. The largest absolute Gasteiger partial charge is 0.330 e. The Hall–Kier alpha value is -0.0800. The molecule has 3 aliphatic rings. The maximum atomic E-state index is 6.26. The summed E-state index contributed by atoms with van der Waals surface area (Å²) in [5.74, 6) is 1.90. The van der Waals surface area contributed by atoms with Crippen LogP contribution in [0.3, 0.4) is 0 Å². The van der Waals surface area contributed by atoms with Gasteiger partial charge in [-0.15, -0.1) is 0 Å². The summed E-state index contributed by atoms with van der Waals surface area (Å²) in [6.45, 7) is 5.99.